The van der Waals surface area contributed by atoms with Gasteiger partial charge < -0.3 is 33.4 Å². The summed E-state index contributed by atoms with van der Waals surface area (Å²) in [6.07, 6.45) is 3.00. The summed E-state index contributed by atoms with van der Waals surface area (Å²) in [5, 5.41) is 2.65. The van der Waals surface area contributed by atoms with Crippen LogP contribution in [-0.4, -0.2) is 103 Å². The van der Waals surface area contributed by atoms with Crippen molar-refractivity contribution in [3.05, 3.63) is 143 Å². The molecule has 0 radical (unpaired) electrons. The van der Waals surface area contributed by atoms with Gasteiger partial charge in [-0.2, -0.15) is 4.85 Å². The largest absolute Gasteiger partial charge is 0.497 e. The highest BCUT2D eigenvalue weighted by Gasteiger charge is 2.55. The molecule has 7 rings (SSSR count). The molecule has 16 nitrogen and oxygen atoms in total. The lowest BCUT2D eigenvalue weighted by atomic mass is 9.80. The van der Waals surface area contributed by atoms with Crippen molar-refractivity contribution in [2.24, 2.45) is 0 Å². The van der Waals surface area contributed by atoms with Gasteiger partial charge in [-0.15, -0.1) is 4.67 Å². The van der Waals surface area contributed by atoms with Crippen LogP contribution in [0.2, 0.25) is 18.1 Å². The number of ether oxygens (including phenoxy) is 5. The van der Waals surface area contributed by atoms with Crippen LogP contribution >= 0.6 is 8.53 Å². The predicted octanol–water partition coefficient (Wildman–Crippen LogP) is 11.2. The summed E-state index contributed by atoms with van der Waals surface area (Å²) in [5.74, 6) is 1.77. The van der Waals surface area contributed by atoms with Crippen LogP contribution < -0.4 is 19.5 Å². The molecule has 1 unspecified atom stereocenters. The van der Waals surface area contributed by atoms with Gasteiger partial charge in [0, 0.05) is 0 Å². The Morgan fingerprint density at radius 3 is 1.99 bits per heavy atom. The third kappa shape index (κ3) is 12.3. The SMILES string of the molecule is CCOP(O[C@H]1[C@@H](O[Si](C)(C)C(C)(C)C)[C@H](n2cnc3c(NC(=O)COc4ccccc4)ncnc32)O[C@@H]1COC(c1ccccc1)(c1ccc(OC)cc1)c1ccc(OC)cc1)N(C#[N+]C(C)C)C(C)C. The molecule has 1 saturated heterocycles. The molecule has 1 aliphatic heterocycles. The molecule has 4 aromatic carbocycles. The van der Waals surface area contributed by atoms with Gasteiger partial charge in [0.1, 0.15) is 53.5 Å². The molecule has 5 atom stereocenters. The first-order valence-electron chi connectivity index (χ1n) is 24.3. The second kappa shape index (κ2) is 23.7. The Labute approximate surface area is 426 Å². The van der Waals surface area contributed by atoms with Crippen molar-refractivity contribution in [3.63, 3.8) is 0 Å². The van der Waals surface area contributed by atoms with Gasteiger partial charge in [-0.25, -0.2) is 15.0 Å². The Bertz CT molecular complexity index is 2700. The van der Waals surface area contributed by atoms with Crippen molar-refractivity contribution in [2.45, 2.75) is 116 Å². The van der Waals surface area contributed by atoms with E-state index < -0.39 is 52.9 Å². The fourth-order valence-corrected chi connectivity index (χ4v) is 10.7. The highest BCUT2D eigenvalue weighted by molar-refractivity contribution is 7.44. The summed E-state index contributed by atoms with van der Waals surface area (Å²) in [7, 11) is -1.23. The number of methoxy groups -OCH3 is 2. The van der Waals surface area contributed by atoms with E-state index in [1.165, 1.54) is 6.33 Å². The summed E-state index contributed by atoms with van der Waals surface area (Å²) in [5.41, 5.74) is 2.14. The molecule has 1 aliphatic rings. The first-order valence-corrected chi connectivity index (χ1v) is 28.3. The molecular formula is C54H69N7O9PSi+. The van der Waals surface area contributed by atoms with Crippen molar-refractivity contribution in [1.82, 2.24) is 24.2 Å². The zero-order chi connectivity index (χ0) is 51.6. The van der Waals surface area contributed by atoms with E-state index in [1.54, 1.807) is 32.7 Å². The van der Waals surface area contributed by atoms with Crippen molar-refractivity contribution in [1.29, 1.82) is 0 Å². The summed E-state index contributed by atoms with van der Waals surface area (Å²) >= 11 is 0. The number of imidazole rings is 1. The number of hydrogen-bond donors (Lipinski definition) is 1. The number of amides is 1. The number of nitrogens with one attached hydrogen (secondary N) is 1. The second-order valence-electron chi connectivity index (χ2n) is 19.4. The van der Waals surface area contributed by atoms with E-state index >= 15 is 0 Å². The van der Waals surface area contributed by atoms with Crippen LogP contribution in [0.3, 0.4) is 0 Å². The van der Waals surface area contributed by atoms with Crippen LogP contribution in [-0.2, 0) is 33.3 Å². The molecule has 0 spiro atoms. The smallest absolute Gasteiger partial charge is 0.408 e. The molecule has 0 saturated carbocycles. The maximum absolute atomic E-state index is 13.3. The molecule has 382 valence electrons. The van der Waals surface area contributed by atoms with Crippen LogP contribution in [0.25, 0.3) is 16.0 Å². The number of nitrogens with zero attached hydrogens (tertiary/aromatic N) is 6. The summed E-state index contributed by atoms with van der Waals surface area (Å²) < 4.78 is 57.1. The van der Waals surface area contributed by atoms with Gasteiger partial charge in [-0.1, -0.05) is 93.6 Å². The maximum atomic E-state index is 13.3. The lowest BCUT2D eigenvalue weighted by Gasteiger charge is -2.41. The maximum Gasteiger partial charge on any atom is 0.408 e. The minimum Gasteiger partial charge on any atom is -0.497 e. The average Bonchev–Trinajstić information content (AvgIpc) is 3.95. The molecule has 0 bridgehead atoms. The quantitative estimate of drug-likeness (QED) is 0.0239. The standard InChI is InChI=1S/C54H68N7O9PSi/c1-13-67-71(61(38(4)5)36-57-37(2)3)69-48-45(32-66-54(39-20-16-14-17-21-39,40-24-28-42(63-9)29-25-40)41-26-30-43(64-10)31-27-41)68-52(49(48)70-72(11,12)53(6,7)8)60-35-58-47-50(55-34-56-51(47)60)59-46(62)33-65-44-22-18-15-19-23-44/h14-31,34-35,37-38,45,48-49,52H,13,32-33H2,1-12H3/p+1/t45-,48-,49-,52-,71?/m1/s1. The van der Waals surface area contributed by atoms with Gasteiger partial charge in [0.05, 0.1) is 33.8 Å². The average molecular weight is 1020 g/mol. The molecule has 18 heteroatoms. The number of carbonyl (C=O) groups is 1. The number of aromatic nitrogens is 4. The van der Waals surface area contributed by atoms with E-state index in [2.05, 4.69) is 81.2 Å². The molecule has 6 aromatic rings. The number of para-hydroxylation sites is 1. The molecule has 3 heterocycles. The van der Waals surface area contributed by atoms with Crippen molar-refractivity contribution in [2.75, 3.05) is 39.4 Å². The minimum atomic E-state index is -2.66. The normalized spacial score (nSPS) is 17.6. The molecule has 1 amide bonds. The Hall–Kier alpha value is -5.96. The second-order valence-corrected chi connectivity index (χ2v) is 25.5. The number of anilines is 1. The van der Waals surface area contributed by atoms with Crippen LogP contribution in [0.1, 0.15) is 78.3 Å². The summed E-state index contributed by atoms with van der Waals surface area (Å²) in [6.45, 7) is 21.1. The number of rotatable bonds is 21. The van der Waals surface area contributed by atoms with Crippen LogP contribution in [0.4, 0.5) is 5.82 Å². The summed E-state index contributed by atoms with van der Waals surface area (Å²) in [6, 6.07) is 34.9. The van der Waals surface area contributed by atoms with E-state index in [4.69, 9.17) is 47.1 Å². The molecule has 2 aromatic heterocycles. The minimum absolute atomic E-state index is 0.00338. The van der Waals surface area contributed by atoms with Gasteiger partial charge in [0.25, 0.3) is 5.91 Å². The van der Waals surface area contributed by atoms with Gasteiger partial charge in [0.15, 0.2) is 44.2 Å². The zero-order valence-electron chi connectivity index (χ0n) is 43.4. The lowest BCUT2D eigenvalue weighted by molar-refractivity contribution is -0.118. The fraction of sp³-hybridized carbons (Fsp3) is 0.426. The number of benzene rings is 4. The Morgan fingerprint density at radius 1 is 0.833 bits per heavy atom. The highest BCUT2D eigenvalue weighted by Crippen LogP contribution is 2.52. The van der Waals surface area contributed by atoms with Gasteiger partial charge >= 0.3 is 14.7 Å². The monoisotopic (exact) mass is 1020 g/mol. The Balaban J connectivity index is 1.38. The van der Waals surface area contributed by atoms with Gasteiger partial charge in [-0.3, -0.25) is 18.4 Å². The van der Waals surface area contributed by atoms with E-state index in [0.717, 1.165) is 16.7 Å². The van der Waals surface area contributed by atoms with Gasteiger partial charge in [-0.05, 0) is 106 Å². The van der Waals surface area contributed by atoms with Crippen molar-refractivity contribution >= 4 is 39.7 Å². The first-order chi connectivity index (χ1) is 34.5. The van der Waals surface area contributed by atoms with Gasteiger partial charge in [0.2, 0.25) is 0 Å². The van der Waals surface area contributed by atoms with E-state index in [-0.39, 0.29) is 36.2 Å². The third-order valence-corrected chi connectivity index (χ3v) is 19.0. The predicted molar refractivity (Wildman–Crippen MR) is 283 cm³/mol. The Kier molecular flexibility index (Phi) is 17.7. The molecule has 0 aliphatic carbocycles. The topological polar surface area (TPSA) is 154 Å². The number of carbonyl (C=O) groups excluding carboxylic acids is 1. The third-order valence-electron chi connectivity index (χ3n) is 12.7. The molecule has 1 fully saturated rings. The first kappa shape index (κ1) is 53.8. The number of fused-ring (bicyclic) bond motifs is 1. The fourth-order valence-electron chi connectivity index (χ4n) is 7.95. The van der Waals surface area contributed by atoms with Crippen LogP contribution in [0.15, 0.2) is 122 Å². The van der Waals surface area contributed by atoms with Crippen molar-refractivity contribution in [3.8, 4) is 23.4 Å². The number of hydrogen-bond acceptors (Lipinski definition) is 13. The molecule has 72 heavy (non-hydrogen) atoms. The van der Waals surface area contributed by atoms with Crippen molar-refractivity contribution < 1.29 is 42.0 Å². The lowest BCUT2D eigenvalue weighted by Crippen LogP contribution is -2.49. The van der Waals surface area contributed by atoms with E-state index in [0.29, 0.717) is 35.0 Å². The highest BCUT2D eigenvalue weighted by atomic mass is 31.2. The zero-order valence-corrected chi connectivity index (χ0v) is 45.3. The van der Waals surface area contributed by atoms with E-state index in [1.807, 2.05) is 115 Å². The van der Waals surface area contributed by atoms with E-state index in [9.17, 15) is 4.79 Å². The molecule has 1 N–H and O–H groups in total. The summed E-state index contributed by atoms with van der Waals surface area (Å²) in [4.78, 5) is 31.9. The Morgan fingerprint density at radius 2 is 1.43 bits per heavy atom. The van der Waals surface area contributed by atoms with Crippen LogP contribution in [0, 0.1) is 6.19 Å². The van der Waals surface area contributed by atoms with Crippen LogP contribution in [0.5, 0.6) is 17.2 Å². The molecular weight excluding hydrogens is 950 g/mol.